The summed E-state index contributed by atoms with van der Waals surface area (Å²) >= 11 is 0. The first-order chi connectivity index (χ1) is 10.7. The number of carbonyl (C=O) groups is 1. The molecule has 0 aliphatic carbocycles. The second-order valence-electron chi connectivity index (χ2n) is 6.54. The number of piperidine rings is 1. The fraction of sp³-hybridized carbons (Fsp3) is 0.611. The predicted octanol–water partition coefficient (Wildman–Crippen LogP) is 2.83. The smallest absolute Gasteiger partial charge is 0.226 e. The Balaban J connectivity index is 0.00000192. The molecule has 0 aromatic heterocycles. The van der Waals surface area contributed by atoms with Gasteiger partial charge in [0.25, 0.3) is 0 Å². The molecule has 2 aliphatic heterocycles. The molecule has 23 heavy (non-hydrogen) atoms. The van der Waals surface area contributed by atoms with Gasteiger partial charge in [0.1, 0.15) is 0 Å². The first-order valence-electron chi connectivity index (χ1n) is 8.44. The van der Waals surface area contributed by atoms with Gasteiger partial charge in [-0.3, -0.25) is 4.79 Å². The highest BCUT2D eigenvalue weighted by Crippen LogP contribution is 2.33. The van der Waals surface area contributed by atoms with Gasteiger partial charge in [0.15, 0.2) is 0 Å². The Morgan fingerprint density at radius 1 is 1.26 bits per heavy atom. The molecule has 2 aliphatic rings. The van der Waals surface area contributed by atoms with Gasteiger partial charge >= 0.3 is 0 Å². The summed E-state index contributed by atoms with van der Waals surface area (Å²) in [4.78, 5) is 12.7. The molecule has 0 radical (unpaired) electrons. The van der Waals surface area contributed by atoms with Crippen molar-refractivity contribution < 1.29 is 9.53 Å². The van der Waals surface area contributed by atoms with E-state index in [1.165, 1.54) is 0 Å². The molecule has 0 spiro atoms. The lowest BCUT2D eigenvalue weighted by molar-refractivity contribution is -0.135. The van der Waals surface area contributed by atoms with Crippen molar-refractivity contribution in [2.24, 2.45) is 5.92 Å². The van der Waals surface area contributed by atoms with Gasteiger partial charge < -0.3 is 15.4 Å². The topological polar surface area (TPSA) is 50.4 Å². The standard InChI is InChI=1S/C18H26N2O2.ClH/c1-13-12-15(9-10-19-13)20-18(21)16-8-5-11-22-17(16)14-6-3-2-4-7-14;/h2-4,6-7,13,15-17,19H,5,8-12H2,1H3,(H,20,21);1H. The summed E-state index contributed by atoms with van der Waals surface area (Å²) in [7, 11) is 0. The van der Waals surface area contributed by atoms with Crippen LogP contribution in [0.2, 0.25) is 0 Å². The van der Waals surface area contributed by atoms with Gasteiger partial charge in [-0.05, 0) is 44.7 Å². The predicted molar refractivity (Wildman–Crippen MR) is 93.7 cm³/mol. The second-order valence-corrected chi connectivity index (χ2v) is 6.54. The molecule has 2 heterocycles. The number of amides is 1. The van der Waals surface area contributed by atoms with Gasteiger partial charge in [-0.15, -0.1) is 12.4 Å². The van der Waals surface area contributed by atoms with E-state index >= 15 is 0 Å². The van der Waals surface area contributed by atoms with Crippen LogP contribution in [0.5, 0.6) is 0 Å². The Morgan fingerprint density at radius 2 is 2.04 bits per heavy atom. The molecule has 2 fully saturated rings. The summed E-state index contributed by atoms with van der Waals surface area (Å²) in [5.41, 5.74) is 1.11. The molecule has 3 rings (SSSR count). The summed E-state index contributed by atoms with van der Waals surface area (Å²) < 4.78 is 5.93. The zero-order chi connectivity index (χ0) is 15.4. The molecule has 4 atom stereocenters. The van der Waals surface area contributed by atoms with Crippen LogP contribution in [-0.2, 0) is 9.53 Å². The molecule has 4 nitrogen and oxygen atoms in total. The van der Waals surface area contributed by atoms with Crippen LogP contribution in [0.1, 0.15) is 44.3 Å². The van der Waals surface area contributed by atoms with Gasteiger partial charge in [0.05, 0.1) is 12.0 Å². The summed E-state index contributed by atoms with van der Waals surface area (Å²) in [5.74, 6) is 0.0917. The Hall–Kier alpha value is -1.10. The maximum atomic E-state index is 12.7. The lowest BCUT2D eigenvalue weighted by Gasteiger charge is -2.34. The minimum absolute atomic E-state index is 0. The molecule has 0 bridgehead atoms. The fourth-order valence-corrected chi connectivity index (χ4v) is 3.59. The Labute approximate surface area is 144 Å². The summed E-state index contributed by atoms with van der Waals surface area (Å²) in [5, 5.41) is 6.68. The highest BCUT2D eigenvalue weighted by molar-refractivity contribution is 5.85. The molecule has 1 aromatic rings. The number of benzene rings is 1. The molecule has 0 saturated carbocycles. The molecule has 5 heteroatoms. The van der Waals surface area contributed by atoms with E-state index in [9.17, 15) is 4.79 Å². The van der Waals surface area contributed by atoms with Crippen molar-refractivity contribution in [1.82, 2.24) is 10.6 Å². The van der Waals surface area contributed by atoms with Crippen molar-refractivity contribution in [3.63, 3.8) is 0 Å². The number of hydrogen-bond acceptors (Lipinski definition) is 3. The lowest BCUT2D eigenvalue weighted by Crippen LogP contribution is -2.49. The minimum Gasteiger partial charge on any atom is -0.373 e. The van der Waals surface area contributed by atoms with E-state index in [-0.39, 0.29) is 30.3 Å². The monoisotopic (exact) mass is 338 g/mol. The van der Waals surface area contributed by atoms with E-state index in [1.54, 1.807) is 0 Å². The minimum atomic E-state index is -0.103. The van der Waals surface area contributed by atoms with Gasteiger partial charge in [0.2, 0.25) is 5.91 Å². The van der Waals surface area contributed by atoms with Gasteiger partial charge in [-0.2, -0.15) is 0 Å². The van der Waals surface area contributed by atoms with Crippen LogP contribution < -0.4 is 10.6 Å². The number of ether oxygens (including phenoxy) is 1. The third-order valence-electron chi connectivity index (χ3n) is 4.76. The Bertz CT molecular complexity index is 497. The first kappa shape index (κ1) is 18.2. The van der Waals surface area contributed by atoms with Crippen LogP contribution in [0, 0.1) is 5.92 Å². The zero-order valence-corrected chi connectivity index (χ0v) is 14.5. The Kier molecular flexibility index (Phi) is 6.88. The maximum absolute atomic E-state index is 12.7. The summed E-state index contributed by atoms with van der Waals surface area (Å²) in [6.07, 6.45) is 3.79. The highest BCUT2D eigenvalue weighted by Gasteiger charge is 2.34. The van der Waals surface area contributed by atoms with Crippen molar-refractivity contribution in [3.8, 4) is 0 Å². The number of rotatable bonds is 3. The molecule has 2 N–H and O–H groups in total. The number of halogens is 1. The maximum Gasteiger partial charge on any atom is 0.226 e. The van der Waals surface area contributed by atoms with Crippen LogP contribution >= 0.6 is 12.4 Å². The quantitative estimate of drug-likeness (QED) is 0.891. The van der Waals surface area contributed by atoms with E-state index in [4.69, 9.17) is 4.74 Å². The third-order valence-corrected chi connectivity index (χ3v) is 4.76. The third kappa shape index (κ3) is 4.69. The van der Waals surface area contributed by atoms with Crippen molar-refractivity contribution in [2.45, 2.75) is 50.8 Å². The van der Waals surface area contributed by atoms with Crippen LogP contribution in [0.4, 0.5) is 0 Å². The van der Waals surface area contributed by atoms with Crippen LogP contribution in [0.25, 0.3) is 0 Å². The molecule has 4 unspecified atom stereocenters. The van der Waals surface area contributed by atoms with Gasteiger partial charge in [-0.25, -0.2) is 0 Å². The second kappa shape index (κ2) is 8.67. The van der Waals surface area contributed by atoms with Crippen molar-refractivity contribution in [1.29, 1.82) is 0 Å². The van der Waals surface area contributed by atoms with Crippen LogP contribution in [0.3, 0.4) is 0 Å². The normalized spacial score (nSPS) is 31.0. The molecule has 1 amide bonds. The molecule has 1 aromatic carbocycles. The number of carbonyl (C=O) groups excluding carboxylic acids is 1. The van der Waals surface area contributed by atoms with E-state index in [2.05, 4.69) is 29.7 Å². The number of hydrogen-bond donors (Lipinski definition) is 2. The van der Waals surface area contributed by atoms with Crippen LogP contribution in [-0.4, -0.2) is 31.1 Å². The average Bonchev–Trinajstić information content (AvgIpc) is 2.56. The SMILES string of the molecule is CC1CC(NC(=O)C2CCCOC2c2ccccc2)CCN1.Cl. The Morgan fingerprint density at radius 3 is 2.78 bits per heavy atom. The first-order valence-corrected chi connectivity index (χ1v) is 8.44. The average molecular weight is 339 g/mol. The van der Waals surface area contributed by atoms with Crippen molar-refractivity contribution in [3.05, 3.63) is 35.9 Å². The van der Waals surface area contributed by atoms with Gasteiger partial charge in [0, 0.05) is 18.7 Å². The molecule has 2 saturated heterocycles. The summed E-state index contributed by atoms with van der Waals surface area (Å²) in [6, 6.07) is 10.9. The highest BCUT2D eigenvalue weighted by atomic mass is 35.5. The van der Waals surface area contributed by atoms with E-state index < -0.39 is 0 Å². The largest absolute Gasteiger partial charge is 0.373 e. The van der Waals surface area contributed by atoms with E-state index in [0.29, 0.717) is 12.1 Å². The van der Waals surface area contributed by atoms with E-state index in [0.717, 1.165) is 44.4 Å². The van der Waals surface area contributed by atoms with Crippen molar-refractivity contribution >= 4 is 18.3 Å². The molecular weight excluding hydrogens is 312 g/mol. The van der Waals surface area contributed by atoms with E-state index in [1.807, 2.05) is 18.2 Å². The van der Waals surface area contributed by atoms with Crippen LogP contribution in [0.15, 0.2) is 30.3 Å². The fourth-order valence-electron chi connectivity index (χ4n) is 3.59. The molecule has 128 valence electrons. The van der Waals surface area contributed by atoms with Crippen molar-refractivity contribution in [2.75, 3.05) is 13.2 Å². The zero-order valence-electron chi connectivity index (χ0n) is 13.7. The lowest BCUT2D eigenvalue weighted by atomic mass is 9.88. The summed E-state index contributed by atoms with van der Waals surface area (Å²) in [6.45, 7) is 3.90. The molecular formula is C18H27ClN2O2. The van der Waals surface area contributed by atoms with Gasteiger partial charge in [-0.1, -0.05) is 30.3 Å². The number of nitrogens with one attached hydrogen (secondary N) is 2.